The normalized spacial score (nSPS) is 21.5. The van der Waals surface area contributed by atoms with Gasteiger partial charge in [0.2, 0.25) is 5.88 Å². The number of carbonyl (C=O) groups is 2. The van der Waals surface area contributed by atoms with Crippen molar-refractivity contribution in [3.8, 4) is 5.88 Å². The third-order valence-corrected chi connectivity index (χ3v) is 7.87. The highest BCUT2D eigenvalue weighted by Gasteiger charge is 2.42. The Balaban J connectivity index is 1.03. The van der Waals surface area contributed by atoms with Crippen LogP contribution in [-0.2, 0) is 20.9 Å². The van der Waals surface area contributed by atoms with Crippen molar-refractivity contribution in [2.24, 2.45) is 0 Å². The lowest BCUT2D eigenvalue weighted by Crippen LogP contribution is -2.56. The molecule has 0 aliphatic carbocycles. The second-order valence-corrected chi connectivity index (χ2v) is 12.1. The molecule has 1 aromatic heterocycles. The van der Waals surface area contributed by atoms with Crippen LogP contribution in [-0.4, -0.2) is 108 Å². The van der Waals surface area contributed by atoms with Crippen LogP contribution in [0.2, 0.25) is 0 Å². The molecule has 0 saturated carbocycles. The molecule has 2 atom stereocenters. The number of amides is 1. The van der Waals surface area contributed by atoms with E-state index in [1.807, 2.05) is 68.1 Å². The first-order chi connectivity index (χ1) is 19.7. The number of hydrogen-bond donors (Lipinski definition) is 0. The predicted molar refractivity (Wildman–Crippen MR) is 156 cm³/mol. The van der Waals surface area contributed by atoms with Gasteiger partial charge in [0, 0.05) is 75.8 Å². The number of benzene rings is 1. The van der Waals surface area contributed by atoms with Crippen molar-refractivity contribution in [2.45, 2.75) is 57.9 Å². The first kappa shape index (κ1) is 29.1. The van der Waals surface area contributed by atoms with E-state index in [1.54, 1.807) is 6.20 Å². The highest BCUT2D eigenvalue weighted by atomic mass is 16.6. The van der Waals surface area contributed by atoms with Gasteiger partial charge >= 0.3 is 12.1 Å². The Morgan fingerprint density at radius 3 is 2.32 bits per heavy atom. The number of nitrogens with zero attached hydrogens (tertiary/aromatic N) is 5. The fourth-order valence-corrected chi connectivity index (χ4v) is 5.86. The molecular formula is C31H43N5O5. The average molecular weight is 566 g/mol. The highest BCUT2D eigenvalue weighted by Crippen LogP contribution is 2.36. The summed E-state index contributed by atoms with van der Waals surface area (Å²) in [7, 11) is 0. The number of piperazine rings is 2. The zero-order chi connectivity index (χ0) is 28.8. The van der Waals surface area contributed by atoms with E-state index < -0.39 is 5.60 Å². The lowest BCUT2D eigenvalue weighted by Gasteiger charge is -2.42. The molecule has 0 spiro atoms. The molecule has 2 aromatic rings. The molecule has 2 unspecified atom stereocenters. The molecule has 5 rings (SSSR count). The standard InChI is InChI=1S/C31H43N5O5/c1-31(2,3)41-30(38)35-20-26-9-10-27(21-35)36(26)25-11-12-32-28(19-25)39-18-17-33-13-15-34(16-14-33)22-29(37)40-23-24-7-5-4-6-8-24/h4-8,11-12,19,26-27H,9-10,13-18,20-23H2,1-3H3. The minimum absolute atomic E-state index is 0.184. The topological polar surface area (TPSA) is 87.7 Å². The number of pyridine rings is 1. The van der Waals surface area contributed by atoms with Gasteiger partial charge in [-0.25, -0.2) is 9.78 Å². The molecule has 1 amide bonds. The lowest BCUT2D eigenvalue weighted by molar-refractivity contribution is -0.146. The van der Waals surface area contributed by atoms with Crippen molar-refractivity contribution in [3.63, 3.8) is 0 Å². The summed E-state index contributed by atoms with van der Waals surface area (Å²) >= 11 is 0. The van der Waals surface area contributed by atoms with E-state index in [2.05, 4.69) is 19.7 Å². The Kier molecular flexibility index (Phi) is 9.29. The van der Waals surface area contributed by atoms with Crippen LogP contribution in [0, 0.1) is 0 Å². The number of likely N-dealkylation sites (tertiary alicyclic amines) is 1. The van der Waals surface area contributed by atoms with Gasteiger partial charge in [-0.3, -0.25) is 14.6 Å². The largest absolute Gasteiger partial charge is 0.476 e. The Labute approximate surface area is 243 Å². The van der Waals surface area contributed by atoms with Gasteiger partial charge in [-0.1, -0.05) is 30.3 Å². The number of carbonyl (C=O) groups excluding carboxylic acids is 2. The van der Waals surface area contributed by atoms with Gasteiger partial charge in [0.25, 0.3) is 0 Å². The van der Waals surface area contributed by atoms with Gasteiger partial charge in [0.05, 0.1) is 6.54 Å². The van der Waals surface area contributed by atoms with Crippen molar-refractivity contribution in [1.82, 2.24) is 19.7 Å². The van der Waals surface area contributed by atoms with Crippen LogP contribution in [0.4, 0.5) is 10.5 Å². The van der Waals surface area contributed by atoms with Gasteiger partial charge in [-0.05, 0) is 45.2 Å². The summed E-state index contributed by atoms with van der Waals surface area (Å²) in [6.07, 6.45) is 3.69. The molecule has 3 saturated heterocycles. The molecule has 10 heteroatoms. The summed E-state index contributed by atoms with van der Waals surface area (Å²) in [5.74, 6) is 0.438. The first-order valence-electron chi connectivity index (χ1n) is 14.7. The number of ether oxygens (including phenoxy) is 3. The second kappa shape index (κ2) is 13.1. The van der Waals surface area contributed by atoms with Crippen LogP contribution < -0.4 is 9.64 Å². The van der Waals surface area contributed by atoms with E-state index in [1.165, 1.54) is 0 Å². The van der Waals surface area contributed by atoms with Crippen molar-refractivity contribution in [3.05, 3.63) is 54.2 Å². The smallest absolute Gasteiger partial charge is 0.410 e. The number of anilines is 1. The first-order valence-corrected chi connectivity index (χ1v) is 14.7. The van der Waals surface area contributed by atoms with Crippen molar-refractivity contribution in [1.29, 1.82) is 0 Å². The average Bonchev–Trinajstić information content (AvgIpc) is 3.21. The van der Waals surface area contributed by atoms with Crippen LogP contribution in [0.5, 0.6) is 5.88 Å². The maximum atomic E-state index is 12.6. The fourth-order valence-electron chi connectivity index (χ4n) is 5.86. The predicted octanol–water partition coefficient (Wildman–Crippen LogP) is 3.41. The van der Waals surface area contributed by atoms with Crippen molar-refractivity contribution < 1.29 is 23.8 Å². The minimum Gasteiger partial charge on any atom is -0.476 e. The van der Waals surface area contributed by atoms with Crippen molar-refractivity contribution in [2.75, 3.05) is 63.9 Å². The number of aromatic nitrogens is 1. The van der Waals surface area contributed by atoms with E-state index in [-0.39, 0.29) is 24.1 Å². The summed E-state index contributed by atoms with van der Waals surface area (Å²) < 4.78 is 17.1. The third kappa shape index (κ3) is 8.10. The molecule has 0 N–H and O–H groups in total. The van der Waals surface area contributed by atoms with Crippen LogP contribution >= 0.6 is 0 Å². The molecule has 2 bridgehead atoms. The minimum atomic E-state index is -0.491. The number of esters is 1. The quantitative estimate of drug-likeness (QED) is 0.425. The fraction of sp³-hybridized carbons (Fsp3) is 0.581. The Hall–Kier alpha value is -3.37. The maximum absolute atomic E-state index is 12.6. The van der Waals surface area contributed by atoms with Crippen molar-refractivity contribution >= 4 is 17.7 Å². The molecule has 0 radical (unpaired) electrons. The zero-order valence-electron chi connectivity index (χ0n) is 24.5. The van der Waals surface area contributed by atoms with E-state index >= 15 is 0 Å². The molecule has 4 heterocycles. The van der Waals surface area contributed by atoms with Gasteiger partial charge < -0.3 is 24.0 Å². The molecule has 222 valence electrons. The molecule has 3 fully saturated rings. The van der Waals surface area contributed by atoms with E-state index in [4.69, 9.17) is 14.2 Å². The molecule has 3 aliphatic heterocycles. The van der Waals surface area contributed by atoms with E-state index in [9.17, 15) is 9.59 Å². The zero-order valence-corrected chi connectivity index (χ0v) is 24.5. The summed E-state index contributed by atoms with van der Waals surface area (Å²) in [6, 6.07) is 14.3. The SMILES string of the molecule is CC(C)(C)OC(=O)N1CC2CCC(C1)N2c1ccnc(OCCN2CCN(CC(=O)OCc3ccccc3)CC2)c1. The lowest BCUT2D eigenvalue weighted by atomic mass is 10.1. The molecule has 1 aromatic carbocycles. The molecular weight excluding hydrogens is 522 g/mol. The highest BCUT2D eigenvalue weighted by molar-refractivity contribution is 5.71. The Morgan fingerprint density at radius 2 is 1.63 bits per heavy atom. The summed E-state index contributed by atoms with van der Waals surface area (Å²) in [4.78, 5) is 38.1. The van der Waals surface area contributed by atoms with Gasteiger partial charge in [-0.2, -0.15) is 0 Å². The van der Waals surface area contributed by atoms with E-state index in [0.717, 1.165) is 56.8 Å². The summed E-state index contributed by atoms with van der Waals surface area (Å²) in [5, 5.41) is 0. The van der Waals surface area contributed by atoms with Crippen LogP contribution in [0.3, 0.4) is 0 Å². The van der Waals surface area contributed by atoms with Gasteiger partial charge in [-0.15, -0.1) is 0 Å². The third-order valence-electron chi connectivity index (χ3n) is 7.87. The Morgan fingerprint density at radius 1 is 0.951 bits per heavy atom. The van der Waals surface area contributed by atoms with Crippen LogP contribution in [0.15, 0.2) is 48.7 Å². The van der Waals surface area contributed by atoms with Gasteiger partial charge in [0.1, 0.15) is 18.8 Å². The number of hydrogen-bond acceptors (Lipinski definition) is 9. The second-order valence-electron chi connectivity index (χ2n) is 12.1. The summed E-state index contributed by atoms with van der Waals surface area (Å²) in [5.41, 5.74) is 1.60. The van der Waals surface area contributed by atoms with Crippen LogP contribution in [0.25, 0.3) is 0 Å². The molecule has 41 heavy (non-hydrogen) atoms. The Bertz CT molecular complexity index is 1150. The number of rotatable bonds is 9. The monoisotopic (exact) mass is 565 g/mol. The maximum Gasteiger partial charge on any atom is 0.410 e. The molecule has 10 nitrogen and oxygen atoms in total. The summed E-state index contributed by atoms with van der Waals surface area (Å²) in [6.45, 7) is 12.5. The van der Waals surface area contributed by atoms with Gasteiger partial charge in [0.15, 0.2) is 0 Å². The van der Waals surface area contributed by atoms with Crippen LogP contribution in [0.1, 0.15) is 39.2 Å². The number of fused-ring (bicyclic) bond motifs is 2. The molecule has 3 aliphatic rings. The van der Waals surface area contributed by atoms with E-state index in [0.29, 0.717) is 38.7 Å².